The van der Waals surface area contributed by atoms with Gasteiger partial charge in [0.05, 0.1) is 7.11 Å². The van der Waals surface area contributed by atoms with Crippen LogP contribution in [0.2, 0.25) is 0 Å². The van der Waals surface area contributed by atoms with Crippen molar-refractivity contribution in [3.05, 3.63) is 52.5 Å². The molecule has 0 heterocycles. The van der Waals surface area contributed by atoms with Crippen molar-refractivity contribution in [1.29, 1.82) is 0 Å². The molecule has 0 saturated carbocycles. The Kier molecular flexibility index (Phi) is 5.59. The highest BCUT2D eigenvalue weighted by atomic mass is 79.9. The van der Waals surface area contributed by atoms with Gasteiger partial charge in [0.15, 0.2) is 6.61 Å². The Balaban J connectivity index is 2.03. The molecule has 0 fully saturated rings. The lowest BCUT2D eigenvalue weighted by Gasteiger charge is -2.11. The molecule has 0 unspecified atom stereocenters. The lowest BCUT2D eigenvalue weighted by molar-refractivity contribution is -0.118. The van der Waals surface area contributed by atoms with E-state index in [0.717, 1.165) is 4.47 Å². The van der Waals surface area contributed by atoms with Crippen LogP contribution in [0.1, 0.15) is 10.4 Å². The maximum atomic E-state index is 11.9. The van der Waals surface area contributed by atoms with Gasteiger partial charge in [-0.1, -0.05) is 15.9 Å². The summed E-state index contributed by atoms with van der Waals surface area (Å²) in [5.41, 5.74) is 0.577. The van der Waals surface area contributed by atoms with Crippen LogP contribution in [0.15, 0.2) is 46.9 Å². The second-order valence-electron chi connectivity index (χ2n) is 4.51. The second-order valence-corrected chi connectivity index (χ2v) is 5.43. The van der Waals surface area contributed by atoms with E-state index in [9.17, 15) is 9.59 Å². The molecule has 2 rings (SSSR count). The van der Waals surface area contributed by atoms with Crippen molar-refractivity contribution >= 4 is 33.5 Å². The van der Waals surface area contributed by atoms with Crippen molar-refractivity contribution in [2.45, 2.75) is 0 Å². The molecule has 0 aliphatic heterocycles. The van der Waals surface area contributed by atoms with Gasteiger partial charge in [-0.05, 0) is 36.4 Å². The first-order valence-corrected chi connectivity index (χ1v) is 7.38. The van der Waals surface area contributed by atoms with Gasteiger partial charge in [-0.25, -0.2) is 4.79 Å². The highest BCUT2D eigenvalue weighted by Gasteiger charge is 2.14. The van der Waals surface area contributed by atoms with E-state index in [0.29, 0.717) is 11.4 Å². The number of amides is 1. The minimum absolute atomic E-state index is 0.0396. The molecule has 2 aromatic rings. The quantitative estimate of drug-likeness (QED) is 0.804. The first-order valence-electron chi connectivity index (χ1n) is 6.59. The van der Waals surface area contributed by atoms with E-state index in [4.69, 9.17) is 14.6 Å². The van der Waals surface area contributed by atoms with Gasteiger partial charge in [0.1, 0.15) is 17.1 Å². The Morgan fingerprint density at radius 2 is 1.87 bits per heavy atom. The predicted octanol–water partition coefficient (Wildman–Crippen LogP) is 3.17. The van der Waals surface area contributed by atoms with Crippen molar-refractivity contribution in [3.63, 3.8) is 0 Å². The first-order chi connectivity index (χ1) is 11.0. The number of aromatic carboxylic acids is 1. The number of nitrogens with one attached hydrogen (secondary N) is 1. The average molecular weight is 380 g/mol. The summed E-state index contributed by atoms with van der Waals surface area (Å²) < 4.78 is 11.2. The summed E-state index contributed by atoms with van der Waals surface area (Å²) in [5.74, 6) is -1.02. The van der Waals surface area contributed by atoms with Gasteiger partial charge in [0.2, 0.25) is 0 Å². The maximum Gasteiger partial charge on any atom is 0.339 e. The second kappa shape index (κ2) is 7.64. The molecular formula is C16H14BrNO5. The number of hydrogen-bond acceptors (Lipinski definition) is 4. The molecule has 0 spiro atoms. The zero-order chi connectivity index (χ0) is 16.8. The summed E-state index contributed by atoms with van der Waals surface area (Å²) in [5, 5.41) is 11.8. The smallest absolute Gasteiger partial charge is 0.339 e. The molecule has 0 aliphatic carbocycles. The largest absolute Gasteiger partial charge is 0.497 e. The number of carbonyl (C=O) groups excluding carboxylic acids is 1. The lowest BCUT2D eigenvalue weighted by atomic mass is 10.2. The third-order valence-electron chi connectivity index (χ3n) is 2.91. The number of benzene rings is 2. The van der Waals surface area contributed by atoms with E-state index in [2.05, 4.69) is 21.2 Å². The average Bonchev–Trinajstić information content (AvgIpc) is 2.54. The topological polar surface area (TPSA) is 84.9 Å². The van der Waals surface area contributed by atoms with Gasteiger partial charge in [-0.15, -0.1) is 0 Å². The molecule has 0 bridgehead atoms. The standard InChI is InChI=1S/C16H14BrNO5/c1-22-12-6-7-13(16(20)21)14(8-12)23-9-15(19)18-11-4-2-10(17)3-5-11/h2-8H,9H2,1H3,(H,18,19)(H,20,21). The van der Waals surface area contributed by atoms with Gasteiger partial charge >= 0.3 is 5.97 Å². The van der Waals surface area contributed by atoms with Crippen molar-refractivity contribution < 1.29 is 24.2 Å². The number of halogens is 1. The zero-order valence-corrected chi connectivity index (χ0v) is 13.8. The third kappa shape index (κ3) is 4.72. The normalized spacial score (nSPS) is 10.0. The minimum Gasteiger partial charge on any atom is -0.497 e. The SMILES string of the molecule is COc1ccc(C(=O)O)c(OCC(=O)Nc2ccc(Br)cc2)c1. The molecule has 0 radical (unpaired) electrons. The van der Waals surface area contributed by atoms with Crippen molar-refractivity contribution in [2.24, 2.45) is 0 Å². The number of methoxy groups -OCH3 is 1. The van der Waals surface area contributed by atoms with Gasteiger partial charge in [-0.2, -0.15) is 0 Å². The van der Waals surface area contributed by atoms with E-state index in [1.165, 1.54) is 25.3 Å². The fourth-order valence-electron chi connectivity index (χ4n) is 1.80. The number of hydrogen-bond donors (Lipinski definition) is 2. The van der Waals surface area contributed by atoms with Crippen LogP contribution < -0.4 is 14.8 Å². The van der Waals surface area contributed by atoms with E-state index >= 15 is 0 Å². The fourth-order valence-corrected chi connectivity index (χ4v) is 2.06. The number of carbonyl (C=O) groups is 2. The van der Waals surface area contributed by atoms with Crippen LogP contribution in [0, 0.1) is 0 Å². The predicted molar refractivity (Wildman–Crippen MR) is 88.2 cm³/mol. The van der Waals surface area contributed by atoms with Gasteiger partial charge in [0.25, 0.3) is 5.91 Å². The molecule has 1 amide bonds. The van der Waals surface area contributed by atoms with Crippen molar-refractivity contribution in [1.82, 2.24) is 0 Å². The van der Waals surface area contributed by atoms with Crippen molar-refractivity contribution in [2.75, 3.05) is 19.0 Å². The Labute approximate surface area is 141 Å². The zero-order valence-electron chi connectivity index (χ0n) is 12.2. The molecule has 7 heteroatoms. The van der Waals surface area contributed by atoms with Crippen LogP contribution in [0.4, 0.5) is 5.69 Å². The molecule has 2 aromatic carbocycles. The van der Waals surface area contributed by atoms with Crippen LogP contribution in [0.5, 0.6) is 11.5 Å². The Hall–Kier alpha value is -2.54. The van der Waals surface area contributed by atoms with Crippen LogP contribution in [0.25, 0.3) is 0 Å². The molecular weight excluding hydrogens is 366 g/mol. The van der Waals surface area contributed by atoms with Crippen LogP contribution >= 0.6 is 15.9 Å². The fraction of sp³-hybridized carbons (Fsp3) is 0.125. The molecule has 0 atom stereocenters. The number of anilines is 1. The number of ether oxygens (including phenoxy) is 2. The molecule has 0 aromatic heterocycles. The Morgan fingerprint density at radius 1 is 1.17 bits per heavy atom. The van der Waals surface area contributed by atoms with E-state index in [1.54, 1.807) is 24.3 Å². The lowest BCUT2D eigenvalue weighted by Crippen LogP contribution is -2.20. The Bertz CT molecular complexity index is 715. The summed E-state index contributed by atoms with van der Waals surface area (Å²) in [6.07, 6.45) is 0. The van der Waals surface area contributed by atoms with Gasteiger partial charge in [0, 0.05) is 16.2 Å². The summed E-state index contributed by atoms with van der Waals surface area (Å²) in [7, 11) is 1.46. The van der Waals surface area contributed by atoms with Crippen LogP contribution in [-0.4, -0.2) is 30.7 Å². The van der Waals surface area contributed by atoms with Crippen molar-refractivity contribution in [3.8, 4) is 11.5 Å². The molecule has 6 nitrogen and oxygen atoms in total. The summed E-state index contributed by atoms with van der Waals surface area (Å²) in [6, 6.07) is 11.4. The molecule has 2 N–H and O–H groups in total. The van der Waals surface area contributed by atoms with E-state index < -0.39 is 11.9 Å². The molecule has 23 heavy (non-hydrogen) atoms. The Morgan fingerprint density at radius 3 is 2.48 bits per heavy atom. The van der Waals surface area contributed by atoms with Crippen LogP contribution in [-0.2, 0) is 4.79 Å². The molecule has 0 saturated heterocycles. The minimum atomic E-state index is -1.14. The highest BCUT2D eigenvalue weighted by Crippen LogP contribution is 2.25. The van der Waals surface area contributed by atoms with E-state index in [1.807, 2.05) is 0 Å². The number of carboxylic acid groups (broad SMARTS) is 1. The number of rotatable bonds is 6. The first kappa shape index (κ1) is 16.8. The molecule has 120 valence electrons. The maximum absolute atomic E-state index is 11.9. The summed E-state index contributed by atoms with van der Waals surface area (Å²) in [4.78, 5) is 23.0. The summed E-state index contributed by atoms with van der Waals surface area (Å²) >= 11 is 3.30. The van der Waals surface area contributed by atoms with E-state index in [-0.39, 0.29) is 17.9 Å². The monoisotopic (exact) mass is 379 g/mol. The molecule has 0 aliphatic rings. The van der Waals surface area contributed by atoms with Crippen LogP contribution in [0.3, 0.4) is 0 Å². The number of carboxylic acids is 1. The highest BCUT2D eigenvalue weighted by molar-refractivity contribution is 9.10. The van der Waals surface area contributed by atoms with Gasteiger partial charge < -0.3 is 19.9 Å². The third-order valence-corrected chi connectivity index (χ3v) is 3.43. The van der Waals surface area contributed by atoms with Gasteiger partial charge in [-0.3, -0.25) is 4.79 Å². The summed E-state index contributed by atoms with van der Waals surface area (Å²) in [6.45, 7) is -0.316.